The van der Waals surface area contributed by atoms with E-state index in [4.69, 9.17) is 19.9 Å². The highest BCUT2D eigenvalue weighted by atomic mass is 16.6. The Bertz CT molecular complexity index is 1010. The first kappa shape index (κ1) is 28.6. The summed E-state index contributed by atoms with van der Waals surface area (Å²) in [5.74, 6) is 1.54. The molecule has 4 unspecified atom stereocenters. The van der Waals surface area contributed by atoms with Crippen LogP contribution < -0.4 is 15.8 Å². The molecule has 2 amide bonds. The van der Waals surface area contributed by atoms with Crippen molar-refractivity contribution >= 4 is 23.7 Å². The molecule has 9 heteroatoms. The Labute approximate surface area is 221 Å². The number of fused-ring (bicyclic) bond motifs is 1. The number of hydrogen-bond acceptors (Lipinski definition) is 7. The van der Waals surface area contributed by atoms with Gasteiger partial charge in [-0.3, -0.25) is 0 Å². The second kappa shape index (κ2) is 11.2. The van der Waals surface area contributed by atoms with E-state index in [-0.39, 0.29) is 30.1 Å². The number of nitrogens with two attached hydrogens (primary N) is 1. The largest absolute Gasteiger partial charge is 0.481 e. The first-order valence-electron chi connectivity index (χ1n) is 13.2. The first-order chi connectivity index (χ1) is 17.1. The van der Waals surface area contributed by atoms with Crippen molar-refractivity contribution in [3.8, 4) is 5.75 Å². The molecule has 1 aliphatic carbocycles. The summed E-state index contributed by atoms with van der Waals surface area (Å²) in [6.07, 6.45) is 2.75. The van der Waals surface area contributed by atoms with Gasteiger partial charge in [0.15, 0.2) is 6.10 Å². The molecule has 4 atom stereocenters. The number of carbonyl (C=O) groups excluding carboxylic acids is 2. The molecule has 1 saturated carbocycles. The van der Waals surface area contributed by atoms with E-state index in [1.807, 2.05) is 66.7 Å². The van der Waals surface area contributed by atoms with Gasteiger partial charge in [-0.2, -0.15) is 0 Å². The highest BCUT2D eigenvalue weighted by Crippen LogP contribution is 2.43. The van der Waals surface area contributed by atoms with Crippen LogP contribution in [0.15, 0.2) is 23.2 Å². The third-order valence-electron chi connectivity index (χ3n) is 6.60. The van der Waals surface area contributed by atoms with Crippen LogP contribution >= 0.6 is 0 Å². The molecule has 3 N–H and O–H groups in total. The Hall–Kier alpha value is -2.97. The summed E-state index contributed by atoms with van der Waals surface area (Å²) in [6.45, 7) is 13.5. The smallest absolute Gasteiger partial charge is 0.410 e. The van der Waals surface area contributed by atoms with Crippen LogP contribution in [0.3, 0.4) is 0 Å². The maximum Gasteiger partial charge on any atom is 0.410 e. The first-order valence-corrected chi connectivity index (χ1v) is 13.2. The predicted molar refractivity (Wildman–Crippen MR) is 144 cm³/mol. The van der Waals surface area contributed by atoms with Crippen LogP contribution in [0.5, 0.6) is 5.75 Å². The van der Waals surface area contributed by atoms with Crippen LogP contribution in [-0.2, 0) is 9.47 Å². The molecule has 1 aromatic carbocycles. The van der Waals surface area contributed by atoms with Gasteiger partial charge in [-0.15, -0.1) is 0 Å². The second-order valence-corrected chi connectivity index (χ2v) is 12.2. The maximum absolute atomic E-state index is 13.2. The standard InChI is InChI=1S/C28H44N4O5/c1-17-24(29)31-21-15-20(12-13-22(21)35-17)23(32(8)26(34)37-28(5,6)7)19-11-9-10-18(14-19)16-30-25(33)36-27(2,3)4/h12-13,15,17-19,23H,9-11,14,16H2,1-8H3,(H2,29,31)(H,30,33). The van der Waals surface area contributed by atoms with E-state index in [1.165, 1.54) is 0 Å². The van der Waals surface area contributed by atoms with Crippen molar-refractivity contribution < 1.29 is 23.8 Å². The van der Waals surface area contributed by atoms with Crippen LogP contribution in [0.25, 0.3) is 0 Å². The summed E-state index contributed by atoms with van der Waals surface area (Å²) in [7, 11) is 1.79. The molecule has 37 heavy (non-hydrogen) atoms. The number of aliphatic imine (C=N–C) groups is 1. The molecule has 0 radical (unpaired) electrons. The number of alkyl carbamates (subject to hydrolysis) is 1. The number of amides is 2. The quantitative estimate of drug-likeness (QED) is 0.519. The molecular weight excluding hydrogens is 472 g/mol. The van der Waals surface area contributed by atoms with Gasteiger partial charge < -0.3 is 30.2 Å². The highest BCUT2D eigenvalue weighted by molar-refractivity contribution is 5.89. The number of nitrogens with zero attached hydrogens (tertiary/aromatic N) is 2. The van der Waals surface area contributed by atoms with Crippen LogP contribution in [-0.4, -0.2) is 53.8 Å². The fourth-order valence-corrected chi connectivity index (χ4v) is 4.99. The van der Waals surface area contributed by atoms with Gasteiger partial charge in [0.05, 0.1) is 6.04 Å². The van der Waals surface area contributed by atoms with Gasteiger partial charge in [-0.05, 0) is 97.3 Å². The second-order valence-electron chi connectivity index (χ2n) is 12.2. The minimum absolute atomic E-state index is 0.166. The lowest BCUT2D eigenvalue weighted by molar-refractivity contribution is 0.0117. The molecule has 0 spiro atoms. The summed E-state index contributed by atoms with van der Waals surface area (Å²) < 4.78 is 17.0. The molecule has 3 rings (SSSR count). The van der Waals surface area contributed by atoms with E-state index < -0.39 is 17.3 Å². The SMILES string of the molecule is CC1Oc2ccc(C(C3CCCC(CNC(=O)OC(C)(C)C)C3)N(C)C(=O)OC(C)(C)C)cc2N=C1N. The van der Waals surface area contributed by atoms with Crippen LogP contribution in [0.1, 0.15) is 85.8 Å². The van der Waals surface area contributed by atoms with Gasteiger partial charge in [-0.25, -0.2) is 14.6 Å². The zero-order valence-electron chi connectivity index (χ0n) is 23.6. The van der Waals surface area contributed by atoms with E-state index in [1.54, 1.807) is 11.9 Å². The van der Waals surface area contributed by atoms with Gasteiger partial charge in [0.2, 0.25) is 0 Å². The van der Waals surface area contributed by atoms with Crippen LogP contribution in [0, 0.1) is 11.8 Å². The molecule has 1 fully saturated rings. The van der Waals surface area contributed by atoms with E-state index in [9.17, 15) is 9.59 Å². The summed E-state index contributed by atoms with van der Waals surface area (Å²) >= 11 is 0. The molecule has 0 saturated heterocycles. The molecule has 0 aromatic heterocycles. The monoisotopic (exact) mass is 516 g/mol. The van der Waals surface area contributed by atoms with Crippen molar-refractivity contribution in [3.05, 3.63) is 23.8 Å². The van der Waals surface area contributed by atoms with Crippen LogP contribution in [0.2, 0.25) is 0 Å². The molecule has 206 valence electrons. The minimum atomic E-state index is -0.610. The van der Waals surface area contributed by atoms with E-state index >= 15 is 0 Å². The number of carbonyl (C=O) groups is 2. The van der Waals surface area contributed by atoms with Crippen molar-refractivity contribution in [2.75, 3.05) is 13.6 Å². The summed E-state index contributed by atoms with van der Waals surface area (Å²) in [5.41, 5.74) is 6.51. The number of hydrogen-bond donors (Lipinski definition) is 2. The van der Waals surface area contributed by atoms with Gasteiger partial charge in [-0.1, -0.05) is 12.5 Å². The Morgan fingerprint density at radius 1 is 1.16 bits per heavy atom. The van der Waals surface area contributed by atoms with Gasteiger partial charge in [0, 0.05) is 13.6 Å². The van der Waals surface area contributed by atoms with Crippen molar-refractivity contribution in [2.45, 2.75) is 97.5 Å². The van der Waals surface area contributed by atoms with E-state index in [2.05, 4.69) is 10.3 Å². The fourth-order valence-electron chi connectivity index (χ4n) is 4.99. The Balaban J connectivity index is 1.84. The van der Waals surface area contributed by atoms with Crippen molar-refractivity contribution in [3.63, 3.8) is 0 Å². The number of nitrogens with one attached hydrogen (secondary N) is 1. The average molecular weight is 517 g/mol. The van der Waals surface area contributed by atoms with Crippen molar-refractivity contribution in [1.29, 1.82) is 0 Å². The third kappa shape index (κ3) is 8.01. The summed E-state index contributed by atoms with van der Waals surface area (Å²) in [5, 5.41) is 2.93. The van der Waals surface area contributed by atoms with Crippen LogP contribution in [0.4, 0.5) is 15.3 Å². The molecular formula is C28H44N4O5. The fraction of sp³-hybridized carbons (Fsp3) is 0.679. The number of ether oxygens (including phenoxy) is 3. The lowest BCUT2D eigenvalue weighted by Gasteiger charge is -2.40. The topological polar surface area (TPSA) is 115 Å². The summed E-state index contributed by atoms with van der Waals surface area (Å²) in [4.78, 5) is 31.6. The highest BCUT2D eigenvalue weighted by Gasteiger charge is 2.36. The third-order valence-corrected chi connectivity index (χ3v) is 6.60. The van der Waals surface area contributed by atoms with Gasteiger partial charge in [0.1, 0.15) is 28.5 Å². The molecule has 9 nitrogen and oxygen atoms in total. The Morgan fingerprint density at radius 2 is 1.84 bits per heavy atom. The summed E-state index contributed by atoms with van der Waals surface area (Å²) in [6, 6.07) is 5.62. The lowest BCUT2D eigenvalue weighted by Crippen LogP contribution is -2.42. The number of benzene rings is 1. The zero-order chi connectivity index (χ0) is 27.5. The molecule has 2 aliphatic rings. The number of amidine groups is 1. The van der Waals surface area contributed by atoms with Gasteiger partial charge in [0.25, 0.3) is 0 Å². The molecule has 0 bridgehead atoms. The predicted octanol–water partition coefficient (Wildman–Crippen LogP) is 5.70. The lowest BCUT2D eigenvalue weighted by atomic mass is 9.75. The van der Waals surface area contributed by atoms with Crippen molar-refractivity contribution in [1.82, 2.24) is 10.2 Å². The van der Waals surface area contributed by atoms with E-state index in [0.29, 0.717) is 23.8 Å². The normalized spacial score (nSPS) is 22.6. The average Bonchev–Trinajstić information content (AvgIpc) is 2.77. The van der Waals surface area contributed by atoms with Gasteiger partial charge >= 0.3 is 12.2 Å². The van der Waals surface area contributed by atoms with E-state index in [0.717, 1.165) is 31.2 Å². The zero-order valence-corrected chi connectivity index (χ0v) is 23.6. The maximum atomic E-state index is 13.2. The Morgan fingerprint density at radius 3 is 2.49 bits per heavy atom. The molecule has 1 aromatic rings. The van der Waals surface area contributed by atoms with Crippen molar-refractivity contribution in [2.24, 2.45) is 22.6 Å². The minimum Gasteiger partial charge on any atom is -0.481 e. The molecule has 1 aliphatic heterocycles. The Kier molecular flexibility index (Phi) is 8.65. The number of rotatable bonds is 5. The molecule has 1 heterocycles.